The summed E-state index contributed by atoms with van der Waals surface area (Å²) in [6, 6.07) is 23.9. The number of rotatable bonds is 4. The molecule has 0 unspecified atom stereocenters. The van der Waals surface area contributed by atoms with Crippen LogP contribution in [0, 0.1) is 0 Å². The third-order valence-corrected chi connectivity index (χ3v) is 5.84. The summed E-state index contributed by atoms with van der Waals surface area (Å²) in [7, 11) is 12.9. The summed E-state index contributed by atoms with van der Waals surface area (Å²) in [5.74, 6) is 0. The molecule has 0 bridgehead atoms. The van der Waals surface area contributed by atoms with Crippen molar-refractivity contribution in [2.75, 3.05) is 61.9 Å². The molecule has 1 aliphatic heterocycles. The van der Waals surface area contributed by atoms with Crippen LogP contribution in [-0.4, -0.2) is 42.3 Å². The van der Waals surface area contributed by atoms with Crippen LogP contribution in [0.4, 0.5) is 22.7 Å². The molecule has 0 aromatic heterocycles. The second-order valence-electron chi connectivity index (χ2n) is 8.17. The lowest BCUT2D eigenvalue weighted by molar-refractivity contribution is 0.692. The van der Waals surface area contributed by atoms with Gasteiger partial charge in [-0.15, -0.1) is 0 Å². The van der Waals surface area contributed by atoms with Crippen LogP contribution in [0.2, 0.25) is 0 Å². The predicted octanol–water partition coefficient (Wildman–Crippen LogP) is 5.07. The summed E-state index contributed by atoms with van der Waals surface area (Å²) < 4.78 is 0. The third kappa shape index (κ3) is 3.19. The summed E-state index contributed by atoms with van der Waals surface area (Å²) >= 11 is 0. The smallest absolute Gasteiger partial charge is 0.132 e. The van der Waals surface area contributed by atoms with E-state index in [9.17, 15) is 0 Å². The molecule has 3 aromatic carbocycles. The van der Waals surface area contributed by atoms with Crippen molar-refractivity contribution in [1.82, 2.24) is 0 Å². The SMILES string of the molecule is CN(C)c1cc(-c2ccccc2)cc(N(C)C)c1C1N(C)c2ccccc2N1C. The van der Waals surface area contributed by atoms with E-state index in [0.717, 1.165) is 0 Å². The number of nitrogens with zero attached hydrogens (tertiary/aromatic N) is 4. The highest BCUT2D eigenvalue weighted by Crippen LogP contribution is 2.49. The van der Waals surface area contributed by atoms with Gasteiger partial charge in [-0.25, -0.2) is 0 Å². The van der Waals surface area contributed by atoms with Crippen LogP contribution in [-0.2, 0) is 0 Å². The van der Waals surface area contributed by atoms with Crippen molar-refractivity contribution in [3.63, 3.8) is 0 Å². The molecule has 1 aliphatic rings. The molecule has 1 heterocycles. The van der Waals surface area contributed by atoms with Crippen LogP contribution in [0.5, 0.6) is 0 Å². The number of fused-ring (bicyclic) bond motifs is 1. The first kappa shape index (κ1) is 19.2. The molecule has 29 heavy (non-hydrogen) atoms. The topological polar surface area (TPSA) is 13.0 Å². The second kappa shape index (κ2) is 7.36. The molecule has 3 aromatic rings. The molecular weight excluding hydrogens is 356 g/mol. The average molecular weight is 387 g/mol. The summed E-state index contributed by atoms with van der Waals surface area (Å²) in [4.78, 5) is 9.23. The number of anilines is 4. The fourth-order valence-electron chi connectivity index (χ4n) is 4.40. The zero-order valence-corrected chi connectivity index (χ0v) is 18.2. The summed E-state index contributed by atoms with van der Waals surface area (Å²) in [5.41, 5.74) is 8.81. The van der Waals surface area contributed by atoms with Gasteiger partial charge in [-0.1, -0.05) is 42.5 Å². The monoisotopic (exact) mass is 386 g/mol. The lowest BCUT2D eigenvalue weighted by Crippen LogP contribution is -2.33. The van der Waals surface area contributed by atoms with Gasteiger partial charge in [-0.05, 0) is 35.4 Å². The molecule has 0 saturated heterocycles. The third-order valence-electron chi connectivity index (χ3n) is 5.84. The van der Waals surface area contributed by atoms with E-state index in [1.165, 1.54) is 39.4 Å². The molecule has 0 saturated carbocycles. The Morgan fingerprint density at radius 2 is 1.07 bits per heavy atom. The maximum absolute atomic E-state index is 2.38. The van der Waals surface area contributed by atoms with Crippen molar-refractivity contribution >= 4 is 22.7 Å². The van der Waals surface area contributed by atoms with Crippen molar-refractivity contribution in [2.24, 2.45) is 0 Å². The summed E-state index contributed by atoms with van der Waals surface area (Å²) in [5, 5.41) is 0. The van der Waals surface area contributed by atoms with Gasteiger partial charge in [0.2, 0.25) is 0 Å². The standard InChI is InChI=1S/C25H30N4/c1-26(2)22-16-19(18-12-8-7-9-13-18)17-23(27(3)4)24(22)25-28(5)20-14-10-11-15-21(20)29(25)6/h7-17,25H,1-6H3. The average Bonchev–Trinajstić information content (AvgIpc) is 2.98. The number of benzene rings is 3. The minimum absolute atomic E-state index is 0.132. The Bertz CT molecular complexity index is 952. The fraction of sp³-hybridized carbons (Fsp3) is 0.280. The lowest BCUT2D eigenvalue weighted by Gasteiger charge is -2.35. The molecule has 0 radical (unpaired) electrons. The highest BCUT2D eigenvalue weighted by atomic mass is 15.4. The van der Waals surface area contributed by atoms with E-state index in [4.69, 9.17) is 0 Å². The van der Waals surface area contributed by atoms with E-state index in [2.05, 4.69) is 129 Å². The maximum Gasteiger partial charge on any atom is 0.132 e. The van der Waals surface area contributed by atoms with Gasteiger partial charge in [0.1, 0.15) is 6.17 Å². The van der Waals surface area contributed by atoms with E-state index < -0.39 is 0 Å². The van der Waals surface area contributed by atoms with Crippen molar-refractivity contribution in [1.29, 1.82) is 0 Å². The highest BCUT2D eigenvalue weighted by Gasteiger charge is 2.36. The van der Waals surface area contributed by atoms with Crippen LogP contribution < -0.4 is 19.6 Å². The van der Waals surface area contributed by atoms with Gasteiger partial charge >= 0.3 is 0 Å². The lowest BCUT2D eigenvalue weighted by atomic mass is 9.97. The van der Waals surface area contributed by atoms with Crippen molar-refractivity contribution in [3.05, 3.63) is 72.3 Å². The fourth-order valence-corrected chi connectivity index (χ4v) is 4.40. The van der Waals surface area contributed by atoms with Gasteiger partial charge in [0.25, 0.3) is 0 Å². The van der Waals surface area contributed by atoms with E-state index in [-0.39, 0.29) is 6.17 Å². The first-order chi connectivity index (χ1) is 13.9. The van der Waals surface area contributed by atoms with Crippen LogP contribution in [0.1, 0.15) is 11.7 Å². The van der Waals surface area contributed by atoms with Gasteiger partial charge in [0.15, 0.2) is 0 Å². The molecule has 4 rings (SSSR count). The zero-order valence-electron chi connectivity index (χ0n) is 18.2. The molecule has 0 atom stereocenters. The number of hydrogen-bond donors (Lipinski definition) is 0. The molecule has 4 heteroatoms. The van der Waals surface area contributed by atoms with Gasteiger partial charge in [0, 0.05) is 59.2 Å². The van der Waals surface area contributed by atoms with Crippen molar-refractivity contribution in [2.45, 2.75) is 6.17 Å². The van der Waals surface area contributed by atoms with Crippen LogP contribution in [0.3, 0.4) is 0 Å². The predicted molar refractivity (Wildman–Crippen MR) is 127 cm³/mol. The summed E-state index contributed by atoms with van der Waals surface area (Å²) in [6.07, 6.45) is 0.132. The maximum atomic E-state index is 2.38. The van der Waals surface area contributed by atoms with E-state index >= 15 is 0 Å². The van der Waals surface area contributed by atoms with Crippen LogP contribution >= 0.6 is 0 Å². The summed E-state index contributed by atoms with van der Waals surface area (Å²) in [6.45, 7) is 0. The normalized spacial score (nSPS) is 13.6. The minimum atomic E-state index is 0.132. The zero-order chi connectivity index (χ0) is 20.7. The minimum Gasteiger partial charge on any atom is -0.377 e. The van der Waals surface area contributed by atoms with Gasteiger partial charge in [-0.3, -0.25) is 0 Å². The molecule has 0 amide bonds. The Balaban J connectivity index is 1.94. The van der Waals surface area contributed by atoms with E-state index in [1.54, 1.807) is 0 Å². The Labute approximate surface area is 174 Å². The van der Waals surface area contributed by atoms with Crippen molar-refractivity contribution in [3.8, 4) is 11.1 Å². The molecule has 4 nitrogen and oxygen atoms in total. The van der Waals surface area contributed by atoms with Crippen molar-refractivity contribution < 1.29 is 0 Å². The first-order valence-electron chi connectivity index (χ1n) is 10.0. The molecule has 0 fully saturated rings. The van der Waals surface area contributed by atoms with Gasteiger partial charge in [0.05, 0.1) is 11.4 Å². The quantitative estimate of drug-likeness (QED) is 0.620. The number of para-hydroxylation sites is 2. The second-order valence-corrected chi connectivity index (χ2v) is 8.17. The Kier molecular flexibility index (Phi) is 4.87. The van der Waals surface area contributed by atoms with Gasteiger partial charge < -0.3 is 19.6 Å². The first-order valence-corrected chi connectivity index (χ1v) is 10.0. The number of hydrogen-bond acceptors (Lipinski definition) is 4. The van der Waals surface area contributed by atoms with Gasteiger partial charge in [-0.2, -0.15) is 0 Å². The Hall–Kier alpha value is -3.14. The Morgan fingerprint density at radius 3 is 1.52 bits per heavy atom. The van der Waals surface area contributed by atoms with Crippen LogP contribution in [0.25, 0.3) is 11.1 Å². The molecule has 0 N–H and O–H groups in total. The highest BCUT2D eigenvalue weighted by molar-refractivity contribution is 5.84. The molecule has 0 aliphatic carbocycles. The molecular formula is C25H30N4. The Morgan fingerprint density at radius 1 is 0.621 bits per heavy atom. The largest absolute Gasteiger partial charge is 0.377 e. The molecule has 0 spiro atoms. The molecule has 150 valence electrons. The van der Waals surface area contributed by atoms with E-state index in [1.807, 2.05) is 0 Å². The van der Waals surface area contributed by atoms with E-state index in [0.29, 0.717) is 0 Å². The van der Waals surface area contributed by atoms with Crippen LogP contribution in [0.15, 0.2) is 66.7 Å².